The molecule has 0 heteroatoms. The van der Waals surface area contributed by atoms with Crippen molar-refractivity contribution < 1.29 is 0 Å². The number of benzene rings is 2. The van der Waals surface area contributed by atoms with E-state index in [2.05, 4.69) is 51.8 Å². The maximum atomic E-state index is 3.73. The van der Waals surface area contributed by atoms with Gasteiger partial charge in [0.1, 0.15) is 0 Å². The molecule has 0 unspecified atom stereocenters. The summed E-state index contributed by atoms with van der Waals surface area (Å²) in [5.41, 5.74) is 6.17. The largest absolute Gasteiger partial charge is 0.0985 e. The third-order valence-corrected chi connectivity index (χ3v) is 3.30. The van der Waals surface area contributed by atoms with E-state index in [0.29, 0.717) is 0 Å². The lowest BCUT2D eigenvalue weighted by Crippen LogP contribution is -1.83. The lowest BCUT2D eigenvalue weighted by Gasteiger charge is -2.01. The Balaban J connectivity index is 0.000000200. The number of hydrogen-bond acceptors (Lipinski definition) is 0. The van der Waals surface area contributed by atoms with Crippen molar-refractivity contribution in [3.8, 4) is 0 Å². The first-order valence-corrected chi connectivity index (χ1v) is 6.66. The van der Waals surface area contributed by atoms with E-state index in [1.165, 1.54) is 16.7 Å². The third-order valence-electron chi connectivity index (χ3n) is 3.30. The molecular weight excluding hydrogens is 240 g/mol. The van der Waals surface area contributed by atoms with Crippen molar-refractivity contribution in [3.63, 3.8) is 0 Å². The normalized spacial score (nSPS) is 9.10. The number of rotatable bonds is 3. The molecule has 0 saturated heterocycles. The summed E-state index contributed by atoms with van der Waals surface area (Å²) in [4.78, 5) is 0. The van der Waals surface area contributed by atoms with Gasteiger partial charge < -0.3 is 0 Å². The van der Waals surface area contributed by atoms with E-state index in [1.807, 2.05) is 42.5 Å². The van der Waals surface area contributed by atoms with Gasteiger partial charge in [0.15, 0.2) is 0 Å². The van der Waals surface area contributed by atoms with E-state index in [1.54, 1.807) is 0 Å². The van der Waals surface area contributed by atoms with Crippen LogP contribution in [0.1, 0.15) is 27.8 Å². The summed E-state index contributed by atoms with van der Waals surface area (Å²) in [6, 6.07) is 14.3. The molecule has 20 heavy (non-hydrogen) atoms. The van der Waals surface area contributed by atoms with Crippen LogP contribution in [0, 0.1) is 13.8 Å². The van der Waals surface area contributed by atoms with Crippen LogP contribution >= 0.6 is 0 Å². The summed E-state index contributed by atoms with van der Waals surface area (Å²) >= 11 is 0. The lowest BCUT2D eigenvalue weighted by atomic mass is 10.0. The Morgan fingerprint density at radius 2 is 1.10 bits per heavy atom. The predicted octanol–water partition coefficient (Wildman–Crippen LogP) is 5.92. The molecule has 0 saturated carbocycles. The van der Waals surface area contributed by atoms with Crippen molar-refractivity contribution in [2.75, 3.05) is 0 Å². The Morgan fingerprint density at radius 3 is 1.50 bits per heavy atom. The zero-order valence-corrected chi connectivity index (χ0v) is 12.4. The molecular formula is C20H22. The molecule has 0 spiro atoms. The Bertz CT molecular complexity index is 576. The fourth-order valence-corrected chi connectivity index (χ4v) is 1.88. The summed E-state index contributed by atoms with van der Waals surface area (Å²) in [6.07, 6.45) is 5.55. The molecule has 0 amide bonds. The summed E-state index contributed by atoms with van der Waals surface area (Å²) in [6.45, 7) is 15.3. The van der Waals surface area contributed by atoms with Gasteiger partial charge in [0.25, 0.3) is 0 Å². The van der Waals surface area contributed by atoms with Crippen LogP contribution in [0.25, 0.3) is 18.2 Å². The minimum absolute atomic E-state index is 1.14. The van der Waals surface area contributed by atoms with Crippen molar-refractivity contribution in [2.45, 2.75) is 13.8 Å². The smallest absolute Gasteiger partial charge is 0.0190 e. The molecule has 0 nitrogen and oxygen atoms in total. The highest BCUT2D eigenvalue weighted by molar-refractivity contribution is 5.63. The van der Waals surface area contributed by atoms with Crippen molar-refractivity contribution in [1.82, 2.24) is 0 Å². The van der Waals surface area contributed by atoms with Crippen LogP contribution in [0.5, 0.6) is 0 Å². The molecule has 0 bridgehead atoms. The molecule has 0 heterocycles. The van der Waals surface area contributed by atoms with E-state index >= 15 is 0 Å². The van der Waals surface area contributed by atoms with Crippen LogP contribution in [-0.2, 0) is 0 Å². The maximum absolute atomic E-state index is 3.73. The van der Waals surface area contributed by atoms with Gasteiger partial charge >= 0.3 is 0 Å². The monoisotopic (exact) mass is 262 g/mol. The van der Waals surface area contributed by atoms with Gasteiger partial charge in [-0.2, -0.15) is 0 Å². The van der Waals surface area contributed by atoms with Gasteiger partial charge in [0.2, 0.25) is 0 Å². The summed E-state index contributed by atoms with van der Waals surface area (Å²) in [5.74, 6) is 0. The average molecular weight is 262 g/mol. The van der Waals surface area contributed by atoms with Crippen LogP contribution in [0.15, 0.2) is 62.2 Å². The van der Waals surface area contributed by atoms with E-state index in [0.717, 1.165) is 11.1 Å². The molecule has 2 aromatic carbocycles. The van der Waals surface area contributed by atoms with Crippen LogP contribution in [0.3, 0.4) is 0 Å². The highest BCUT2D eigenvalue weighted by atomic mass is 14.0. The minimum Gasteiger partial charge on any atom is -0.0985 e. The first-order valence-electron chi connectivity index (χ1n) is 6.66. The molecule has 0 radical (unpaired) electrons. The van der Waals surface area contributed by atoms with Gasteiger partial charge in [-0.25, -0.2) is 0 Å². The third kappa shape index (κ3) is 4.10. The second-order valence-corrected chi connectivity index (χ2v) is 4.53. The second kappa shape index (κ2) is 7.96. The molecule has 0 aromatic heterocycles. The number of hydrogen-bond donors (Lipinski definition) is 0. The van der Waals surface area contributed by atoms with Gasteiger partial charge in [-0.05, 0) is 41.7 Å². The fourth-order valence-electron chi connectivity index (χ4n) is 1.88. The molecule has 2 rings (SSSR count). The highest BCUT2D eigenvalue weighted by Crippen LogP contribution is 2.12. The Hall–Kier alpha value is -2.34. The highest BCUT2D eigenvalue weighted by Gasteiger charge is 1.93. The minimum atomic E-state index is 1.14. The molecule has 0 aliphatic carbocycles. The standard InChI is InChI=1S/C10H12.C10H10/c1-4-10-7-5-6-8(2)9(10)3;1-3-9-7-5-6-8-10(9)4-2/h4-7H,1H2,2-3H3;3-8H,1-2H2. The van der Waals surface area contributed by atoms with Gasteiger partial charge in [0.05, 0.1) is 0 Å². The van der Waals surface area contributed by atoms with Crippen molar-refractivity contribution >= 4 is 18.2 Å². The molecule has 0 aliphatic heterocycles. The van der Waals surface area contributed by atoms with Crippen molar-refractivity contribution in [1.29, 1.82) is 0 Å². The molecule has 0 atom stereocenters. The predicted molar refractivity (Wildman–Crippen MR) is 92.6 cm³/mol. The first kappa shape index (κ1) is 15.7. The van der Waals surface area contributed by atoms with Crippen molar-refractivity contribution in [3.05, 3.63) is 90.0 Å². The van der Waals surface area contributed by atoms with Crippen LogP contribution in [-0.4, -0.2) is 0 Å². The Morgan fingerprint density at radius 1 is 0.650 bits per heavy atom. The van der Waals surface area contributed by atoms with E-state index < -0.39 is 0 Å². The van der Waals surface area contributed by atoms with E-state index in [4.69, 9.17) is 0 Å². The molecule has 0 N–H and O–H groups in total. The molecule has 0 aliphatic rings. The van der Waals surface area contributed by atoms with Crippen molar-refractivity contribution in [2.24, 2.45) is 0 Å². The van der Waals surface area contributed by atoms with Gasteiger partial charge in [-0.15, -0.1) is 0 Å². The van der Waals surface area contributed by atoms with E-state index in [-0.39, 0.29) is 0 Å². The zero-order chi connectivity index (χ0) is 15.0. The lowest BCUT2D eigenvalue weighted by molar-refractivity contribution is 1.33. The van der Waals surface area contributed by atoms with Gasteiger partial charge in [-0.3, -0.25) is 0 Å². The Labute approximate surface area is 122 Å². The van der Waals surface area contributed by atoms with Gasteiger partial charge in [0, 0.05) is 0 Å². The number of aryl methyl sites for hydroxylation is 1. The average Bonchev–Trinajstić information content (AvgIpc) is 2.50. The summed E-state index contributed by atoms with van der Waals surface area (Å²) in [7, 11) is 0. The zero-order valence-electron chi connectivity index (χ0n) is 12.4. The van der Waals surface area contributed by atoms with Crippen LogP contribution < -0.4 is 0 Å². The molecule has 2 aromatic rings. The van der Waals surface area contributed by atoms with Crippen LogP contribution in [0.4, 0.5) is 0 Å². The SMILES string of the molecule is C=Cc1cccc(C)c1C.C=Cc1ccccc1C=C. The quantitative estimate of drug-likeness (QED) is 0.644. The van der Waals surface area contributed by atoms with Crippen LogP contribution in [0.2, 0.25) is 0 Å². The summed E-state index contributed by atoms with van der Waals surface area (Å²) in [5, 5.41) is 0. The topological polar surface area (TPSA) is 0 Å². The fraction of sp³-hybridized carbons (Fsp3) is 0.100. The van der Waals surface area contributed by atoms with E-state index in [9.17, 15) is 0 Å². The molecule has 0 fully saturated rings. The Kier molecular flexibility index (Phi) is 6.25. The second-order valence-electron chi connectivity index (χ2n) is 4.53. The van der Waals surface area contributed by atoms with Gasteiger partial charge in [-0.1, -0.05) is 80.4 Å². The first-order chi connectivity index (χ1) is 9.63. The maximum Gasteiger partial charge on any atom is -0.0190 e. The molecule has 102 valence electrons. The summed E-state index contributed by atoms with van der Waals surface area (Å²) < 4.78 is 0.